The van der Waals surface area contributed by atoms with Gasteiger partial charge in [-0.2, -0.15) is 0 Å². The normalized spacial score (nSPS) is 11.7. The van der Waals surface area contributed by atoms with Crippen molar-refractivity contribution in [3.63, 3.8) is 0 Å². The first-order valence-corrected chi connectivity index (χ1v) is 20.0. The molecule has 0 amide bonds. The molecule has 0 bridgehead atoms. The lowest BCUT2D eigenvalue weighted by Gasteiger charge is -2.20. The van der Waals surface area contributed by atoms with E-state index in [1.165, 1.54) is 54.4 Å². The van der Waals surface area contributed by atoms with E-state index >= 15 is 0 Å². The van der Waals surface area contributed by atoms with Gasteiger partial charge in [0.15, 0.2) is 5.69 Å². The molecule has 0 fully saturated rings. The zero-order chi connectivity index (χ0) is 39.0. The number of hydrogen-bond acceptors (Lipinski definition) is 1. The molecule has 12 aromatic rings. The van der Waals surface area contributed by atoms with Crippen molar-refractivity contribution in [3.8, 4) is 39.2 Å². The largest absolute Gasteiger partial charge is 0.311 e. The summed E-state index contributed by atoms with van der Waals surface area (Å²) >= 11 is 0. The Kier molecular flexibility index (Phi) is 7.29. The fourth-order valence-corrected chi connectivity index (χ4v) is 9.66. The first kappa shape index (κ1) is 33.1. The predicted molar refractivity (Wildman–Crippen MR) is 249 cm³/mol. The minimum Gasteiger partial charge on any atom is -0.311 e. The first-order chi connectivity index (χ1) is 29.2. The van der Waals surface area contributed by atoms with Crippen LogP contribution >= 0.6 is 0 Å². The standard InChI is InChI=1S/C56H33N3/c1-57-37-28-29-40-49-33-36(27-32-51(49)59(52(40)34-37)38-17-6-3-7-18-38)53-43-19-8-10-21-45(43)54(46-22-11-9-20-44(46)53)41-24-14-25-42-39(41)30-31-48-55(42)47-23-12-13-26-50(47)58-56(48)35-15-4-2-5-16-35/h2-34H. The van der Waals surface area contributed by atoms with Crippen LogP contribution in [0.1, 0.15) is 0 Å². The van der Waals surface area contributed by atoms with Crippen molar-refractivity contribution < 1.29 is 0 Å². The summed E-state index contributed by atoms with van der Waals surface area (Å²) in [6.45, 7) is 7.77. The second-order valence-corrected chi connectivity index (χ2v) is 15.3. The molecule has 2 aromatic heterocycles. The van der Waals surface area contributed by atoms with Gasteiger partial charge in [0, 0.05) is 43.7 Å². The van der Waals surface area contributed by atoms with Crippen molar-refractivity contribution in [2.75, 3.05) is 0 Å². The number of hydrogen-bond donors (Lipinski definition) is 0. The zero-order valence-electron chi connectivity index (χ0n) is 31.9. The van der Waals surface area contributed by atoms with Crippen molar-refractivity contribution >= 4 is 81.5 Å². The Bertz CT molecular complexity index is 3670. The summed E-state index contributed by atoms with van der Waals surface area (Å²) in [4.78, 5) is 9.02. The Morgan fingerprint density at radius 3 is 1.73 bits per heavy atom. The Morgan fingerprint density at radius 2 is 1.00 bits per heavy atom. The lowest BCUT2D eigenvalue weighted by atomic mass is 9.84. The fourth-order valence-electron chi connectivity index (χ4n) is 9.66. The minimum atomic E-state index is 0.633. The van der Waals surface area contributed by atoms with E-state index in [0.717, 1.165) is 60.6 Å². The average Bonchev–Trinajstić information content (AvgIpc) is 3.63. The van der Waals surface area contributed by atoms with E-state index in [9.17, 15) is 0 Å². The van der Waals surface area contributed by atoms with E-state index in [1.807, 2.05) is 18.2 Å². The second-order valence-electron chi connectivity index (χ2n) is 15.3. The molecule has 0 saturated heterocycles. The first-order valence-electron chi connectivity index (χ1n) is 20.0. The molecular weight excluding hydrogens is 715 g/mol. The second kappa shape index (κ2) is 13.0. The molecule has 0 aliphatic carbocycles. The van der Waals surface area contributed by atoms with Gasteiger partial charge in [-0.1, -0.05) is 164 Å². The third kappa shape index (κ3) is 4.97. The molecule has 59 heavy (non-hydrogen) atoms. The van der Waals surface area contributed by atoms with Gasteiger partial charge < -0.3 is 4.57 Å². The molecule has 0 aliphatic rings. The molecule has 3 heteroatoms. The molecule has 0 radical (unpaired) electrons. The van der Waals surface area contributed by atoms with E-state index in [2.05, 4.69) is 191 Å². The van der Waals surface area contributed by atoms with E-state index in [4.69, 9.17) is 11.6 Å². The van der Waals surface area contributed by atoms with Crippen LogP contribution in [0.4, 0.5) is 5.69 Å². The van der Waals surface area contributed by atoms with Crippen LogP contribution in [0.2, 0.25) is 0 Å². The summed E-state index contributed by atoms with van der Waals surface area (Å²) in [6, 6.07) is 71.7. The van der Waals surface area contributed by atoms with Gasteiger partial charge in [-0.3, -0.25) is 0 Å². The van der Waals surface area contributed by atoms with Crippen molar-refractivity contribution in [3.05, 3.63) is 212 Å². The van der Waals surface area contributed by atoms with Crippen LogP contribution < -0.4 is 0 Å². The van der Waals surface area contributed by atoms with Crippen LogP contribution in [0.15, 0.2) is 200 Å². The topological polar surface area (TPSA) is 22.2 Å². The quantitative estimate of drug-likeness (QED) is 0.0998. The molecule has 2 heterocycles. The maximum atomic E-state index is 7.77. The van der Waals surface area contributed by atoms with Gasteiger partial charge in [0.2, 0.25) is 0 Å². The molecule has 272 valence electrons. The summed E-state index contributed by atoms with van der Waals surface area (Å²) in [5, 5.41) is 13.1. The Morgan fingerprint density at radius 1 is 0.390 bits per heavy atom. The molecule has 0 aliphatic heterocycles. The lowest BCUT2D eigenvalue weighted by Crippen LogP contribution is -1.94. The third-order valence-corrected chi connectivity index (χ3v) is 12.2. The van der Waals surface area contributed by atoms with Gasteiger partial charge in [-0.15, -0.1) is 0 Å². The maximum Gasteiger partial charge on any atom is 0.189 e. The van der Waals surface area contributed by atoms with Crippen molar-refractivity contribution in [1.82, 2.24) is 9.55 Å². The van der Waals surface area contributed by atoms with Crippen LogP contribution in [0.5, 0.6) is 0 Å². The number of para-hydroxylation sites is 2. The highest BCUT2D eigenvalue weighted by atomic mass is 15.0. The van der Waals surface area contributed by atoms with Crippen LogP contribution in [0.25, 0.3) is 120 Å². The highest BCUT2D eigenvalue weighted by Crippen LogP contribution is 2.48. The minimum absolute atomic E-state index is 0.633. The van der Waals surface area contributed by atoms with Crippen molar-refractivity contribution in [2.45, 2.75) is 0 Å². The molecule has 0 N–H and O–H groups in total. The number of benzene rings is 10. The average molecular weight is 748 g/mol. The van der Waals surface area contributed by atoms with E-state index < -0.39 is 0 Å². The summed E-state index contributed by atoms with van der Waals surface area (Å²) in [5.74, 6) is 0. The SMILES string of the molecule is [C-]#[N+]c1ccc2c3cc(-c4c5ccccc5c(-c5cccc6c5ccc5c(-c7ccccc7)nc7ccccc7c56)c5ccccc45)ccc3n(-c3ccccc3)c2c1. The van der Waals surface area contributed by atoms with Crippen molar-refractivity contribution in [2.24, 2.45) is 0 Å². The molecule has 3 nitrogen and oxygen atoms in total. The third-order valence-electron chi connectivity index (χ3n) is 12.2. The number of aromatic nitrogens is 2. The van der Waals surface area contributed by atoms with Gasteiger partial charge in [0.05, 0.1) is 23.3 Å². The predicted octanol–water partition coefficient (Wildman–Crippen LogP) is 15.5. The number of fused-ring (bicyclic) bond motifs is 10. The van der Waals surface area contributed by atoms with Crippen LogP contribution in [-0.4, -0.2) is 9.55 Å². The van der Waals surface area contributed by atoms with Gasteiger partial charge in [0.25, 0.3) is 0 Å². The summed E-state index contributed by atoms with van der Waals surface area (Å²) < 4.78 is 2.29. The molecule has 0 spiro atoms. The summed E-state index contributed by atoms with van der Waals surface area (Å²) in [5.41, 5.74) is 11.8. The zero-order valence-corrected chi connectivity index (χ0v) is 31.9. The number of pyridine rings is 1. The van der Waals surface area contributed by atoms with E-state index in [0.29, 0.717) is 5.69 Å². The molecule has 10 aromatic carbocycles. The summed E-state index contributed by atoms with van der Waals surface area (Å²) in [7, 11) is 0. The van der Waals surface area contributed by atoms with Gasteiger partial charge in [-0.05, 0) is 91.0 Å². The number of rotatable bonds is 4. The fraction of sp³-hybridized carbons (Fsp3) is 0. The van der Waals surface area contributed by atoms with Gasteiger partial charge in [0.1, 0.15) is 0 Å². The highest BCUT2D eigenvalue weighted by molar-refractivity contribution is 6.28. The van der Waals surface area contributed by atoms with Crippen LogP contribution in [0.3, 0.4) is 0 Å². The van der Waals surface area contributed by atoms with E-state index in [1.54, 1.807) is 0 Å². The highest BCUT2D eigenvalue weighted by Gasteiger charge is 2.21. The molecule has 0 unspecified atom stereocenters. The van der Waals surface area contributed by atoms with Crippen LogP contribution in [-0.2, 0) is 0 Å². The maximum absolute atomic E-state index is 7.77. The smallest absolute Gasteiger partial charge is 0.189 e. The van der Waals surface area contributed by atoms with Crippen molar-refractivity contribution in [1.29, 1.82) is 0 Å². The number of nitrogens with zero attached hydrogens (tertiary/aromatic N) is 3. The molecule has 0 atom stereocenters. The Hall–Kier alpha value is -8.06. The van der Waals surface area contributed by atoms with Crippen LogP contribution in [0, 0.1) is 6.57 Å². The van der Waals surface area contributed by atoms with E-state index in [-0.39, 0.29) is 0 Å². The molecule has 12 rings (SSSR count). The Labute approximate surface area is 340 Å². The molecule has 0 saturated carbocycles. The monoisotopic (exact) mass is 747 g/mol. The lowest BCUT2D eigenvalue weighted by molar-refractivity contribution is 1.18. The van der Waals surface area contributed by atoms with Gasteiger partial charge in [-0.25, -0.2) is 9.83 Å². The Balaban J connectivity index is 1.14. The summed E-state index contributed by atoms with van der Waals surface area (Å²) in [6.07, 6.45) is 0. The molecular formula is C56H33N3. The van der Waals surface area contributed by atoms with Gasteiger partial charge >= 0.3 is 0 Å².